The maximum Gasteiger partial charge on any atom is 0.276 e. The van der Waals surface area contributed by atoms with Gasteiger partial charge in [0.25, 0.3) is 11.4 Å². The molecule has 1 aromatic heterocycles. The van der Waals surface area contributed by atoms with Gasteiger partial charge in [0.2, 0.25) is 5.89 Å². The Morgan fingerprint density at radius 3 is 2.43 bits per heavy atom. The predicted molar refractivity (Wildman–Crippen MR) is 106 cm³/mol. The highest BCUT2D eigenvalue weighted by molar-refractivity contribution is 5.89. The predicted octanol–water partition coefficient (Wildman–Crippen LogP) is 4.14. The number of benzene rings is 3. The molecule has 0 saturated heterocycles. The lowest BCUT2D eigenvalue weighted by Gasteiger charge is -2.10. The maximum absolute atomic E-state index is 12.2. The number of nitro groups is 2. The van der Waals surface area contributed by atoms with Crippen LogP contribution in [-0.4, -0.2) is 21.0 Å². The van der Waals surface area contributed by atoms with Gasteiger partial charge in [0.1, 0.15) is 5.52 Å². The second-order valence-corrected chi connectivity index (χ2v) is 6.19. The Balaban J connectivity index is 1.70. The molecule has 0 unspecified atom stereocenters. The molecule has 0 radical (unpaired) electrons. The van der Waals surface area contributed by atoms with E-state index in [1.165, 1.54) is 0 Å². The largest absolute Gasteiger partial charge is 0.867 e. The fraction of sp³-hybridized carbons (Fsp3) is 0. The van der Waals surface area contributed by atoms with Gasteiger partial charge in [0.05, 0.1) is 21.6 Å². The number of hydrogen-bond acceptors (Lipinski definition) is 8. The topological polar surface area (TPSA) is 148 Å². The van der Waals surface area contributed by atoms with Crippen molar-refractivity contribution in [2.24, 2.45) is 4.99 Å². The zero-order valence-electron chi connectivity index (χ0n) is 15.1. The summed E-state index contributed by atoms with van der Waals surface area (Å²) in [5.74, 6) is -0.522. The number of rotatable bonds is 5. The van der Waals surface area contributed by atoms with E-state index in [1.54, 1.807) is 18.2 Å². The first-order valence-corrected chi connectivity index (χ1v) is 8.56. The molecule has 0 aliphatic carbocycles. The van der Waals surface area contributed by atoms with Crippen LogP contribution in [-0.2, 0) is 0 Å². The summed E-state index contributed by atoms with van der Waals surface area (Å²) in [5, 5.41) is 34.2. The van der Waals surface area contributed by atoms with E-state index in [2.05, 4.69) is 9.98 Å². The first-order valence-electron chi connectivity index (χ1n) is 8.56. The molecule has 0 saturated carbocycles. The second-order valence-electron chi connectivity index (χ2n) is 6.19. The molecule has 3 aromatic carbocycles. The van der Waals surface area contributed by atoms with Crippen molar-refractivity contribution in [2.75, 3.05) is 0 Å². The van der Waals surface area contributed by atoms with Gasteiger partial charge in [-0.2, -0.15) is 0 Å². The van der Waals surface area contributed by atoms with Crippen LogP contribution in [0.25, 0.3) is 22.6 Å². The van der Waals surface area contributed by atoms with E-state index in [1.807, 2.05) is 30.3 Å². The summed E-state index contributed by atoms with van der Waals surface area (Å²) < 4.78 is 5.71. The summed E-state index contributed by atoms with van der Waals surface area (Å²) in [6, 6.07) is 15.7. The van der Waals surface area contributed by atoms with Gasteiger partial charge >= 0.3 is 0 Å². The monoisotopic (exact) mass is 403 g/mol. The van der Waals surface area contributed by atoms with E-state index < -0.39 is 27.0 Å². The SMILES string of the molecule is O=[N+]([O-])c1cc(C=Nc2ccc3oc(-c4ccccc4)nc3c2)c([O-])c([N+](=O)[O-])c1. The summed E-state index contributed by atoms with van der Waals surface area (Å²) in [6.45, 7) is 0. The minimum atomic E-state index is -0.959. The lowest BCUT2D eigenvalue weighted by Crippen LogP contribution is -2.03. The fourth-order valence-corrected chi connectivity index (χ4v) is 2.80. The number of nitro benzene ring substituents is 2. The third-order valence-electron chi connectivity index (χ3n) is 4.23. The van der Waals surface area contributed by atoms with Crippen LogP contribution < -0.4 is 5.11 Å². The normalized spacial score (nSPS) is 11.2. The zero-order valence-corrected chi connectivity index (χ0v) is 15.1. The van der Waals surface area contributed by atoms with E-state index in [4.69, 9.17) is 4.42 Å². The Bertz CT molecular complexity index is 1310. The smallest absolute Gasteiger partial charge is 0.276 e. The van der Waals surface area contributed by atoms with Crippen LogP contribution in [0.5, 0.6) is 5.75 Å². The van der Waals surface area contributed by atoms with Gasteiger partial charge in [0, 0.05) is 17.8 Å². The van der Waals surface area contributed by atoms with Crippen LogP contribution in [0.2, 0.25) is 0 Å². The van der Waals surface area contributed by atoms with Gasteiger partial charge < -0.3 is 9.52 Å². The molecule has 10 heteroatoms. The fourth-order valence-electron chi connectivity index (χ4n) is 2.80. The van der Waals surface area contributed by atoms with Crippen molar-refractivity contribution < 1.29 is 19.4 Å². The lowest BCUT2D eigenvalue weighted by molar-refractivity contribution is -0.403. The summed E-state index contributed by atoms with van der Waals surface area (Å²) in [6.07, 6.45) is 1.06. The lowest BCUT2D eigenvalue weighted by atomic mass is 10.1. The molecular weight excluding hydrogens is 392 g/mol. The average Bonchev–Trinajstić information content (AvgIpc) is 3.16. The zero-order chi connectivity index (χ0) is 21.3. The summed E-state index contributed by atoms with van der Waals surface area (Å²) in [5.41, 5.74) is 0.537. The van der Waals surface area contributed by atoms with Crippen molar-refractivity contribution in [1.82, 2.24) is 4.98 Å². The molecule has 30 heavy (non-hydrogen) atoms. The molecule has 0 spiro atoms. The van der Waals surface area contributed by atoms with Gasteiger partial charge in [-0.3, -0.25) is 25.2 Å². The first-order chi connectivity index (χ1) is 14.4. The Morgan fingerprint density at radius 2 is 1.73 bits per heavy atom. The highest BCUT2D eigenvalue weighted by Crippen LogP contribution is 2.32. The number of aromatic nitrogens is 1. The van der Waals surface area contributed by atoms with E-state index in [0.29, 0.717) is 28.7 Å². The van der Waals surface area contributed by atoms with Crippen LogP contribution in [0, 0.1) is 20.2 Å². The van der Waals surface area contributed by atoms with E-state index in [-0.39, 0.29) is 5.56 Å². The quantitative estimate of drug-likeness (QED) is 0.276. The standard InChI is InChI=1S/C20H12N4O6/c25-19-13(8-15(23(26)27)10-17(19)24(28)29)11-21-14-6-7-18-16(9-14)22-20(30-18)12-4-2-1-3-5-12/h1-11,25H/p-1. The van der Waals surface area contributed by atoms with Gasteiger partial charge in [0.15, 0.2) is 5.58 Å². The van der Waals surface area contributed by atoms with Gasteiger partial charge in [-0.25, -0.2) is 4.98 Å². The first kappa shape index (κ1) is 18.7. The van der Waals surface area contributed by atoms with Crippen LogP contribution in [0.4, 0.5) is 17.1 Å². The number of aliphatic imine (C=N–C) groups is 1. The summed E-state index contributed by atoms with van der Waals surface area (Å²) in [4.78, 5) is 28.8. The molecule has 4 rings (SSSR count). The molecule has 1 heterocycles. The molecule has 148 valence electrons. The van der Waals surface area contributed by atoms with Crippen LogP contribution in [0.1, 0.15) is 5.56 Å². The minimum Gasteiger partial charge on any atom is -0.867 e. The highest BCUT2D eigenvalue weighted by atomic mass is 16.6. The van der Waals surface area contributed by atoms with Crippen molar-refractivity contribution in [3.05, 3.63) is 86.5 Å². The third-order valence-corrected chi connectivity index (χ3v) is 4.23. The molecule has 0 aliphatic rings. The third kappa shape index (κ3) is 3.56. The molecular formula is C20H11N4O6-. The maximum atomic E-state index is 12.2. The van der Waals surface area contributed by atoms with Gasteiger partial charge in [-0.1, -0.05) is 18.2 Å². The minimum absolute atomic E-state index is 0.263. The molecule has 0 bridgehead atoms. The van der Waals surface area contributed by atoms with Crippen molar-refractivity contribution in [1.29, 1.82) is 0 Å². The number of non-ortho nitro benzene ring substituents is 1. The Morgan fingerprint density at radius 1 is 0.967 bits per heavy atom. The molecule has 0 fully saturated rings. The Kier molecular flexibility index (Phi) is 4.64. The number of nitrogens with zero attached hydrogens (tertiary/aromatic N) is 4. The van der Waals surface area contributed by atoms with E-state index >= 15 is 0 Å². The number of oxazole rings is 1. The van der Waals surface area contributed by atoms with Gasteiger partial charge in [-0.15, -0.1) is 0 Å². The molecule has 0 amide bonds. The molecule has 0 N–H and O–H groups in total. The number of fused-ring (bicyclic) bond motifs is 1. The summed E-state index contributed by atoms with van der Waals surface area (Å²) in [7, 11) is 0. The van der Waals surface area contributed by atoms with Crippen molar-refractivity contribution in [3.8, 4) is 17.2 Å². The number of hydrogen-bond donors (Lipinski definition) is 0. The van der Waals surface area contributed by atoms with Crippen LogP contribution in [0.15, 0.2) is 70.1 Å². The Hall–Kier alpha value is -4.60. The molecule has 0 aliphatic heterocycles. The Labute approximate surface area is 168 Å². The highest BCUT2D eigenvalue weighted by Gasteiger charge is 2.18. The van der Waals surface area contributed by atoms with E-state index in [0.717, 1.165) is 17.8 Å². The molecule has 10 nitrogen and oxygen atoms in total. The van der Waals surface area contributed by atoms with Crippen molar-refractivity contribution in [2.45, 2.75) is 0 Å². The van der Waals surface area contributed by atoms with Crippen molar-refractivity contribution in [3.63, 3.8) is 0 Å². The molecule has 4 aromatic rings. The second kappa shape index (κ2) is 7.43. The van der Waals surface area contributed by atoms with Gasteiger partial charge in [-0.05, 0) is 41.6 Å². The van der Waals surface area contributed by atoms with Crippen molar-refractivity contribution >= 4 is 34.4 Å². The van der Waals surface area contributed by atoms with Crippen LogP contribution >= 0.6 is 0 Å². The van der Waals surface area contributed by atoms with Crippen LogP contribution in [0.3, 0.4) is 0 Å². The molecule has 0 atom stereocenters. The summed E-state index contributed by atoms with van der Waals surface area (Å²) >= 11 is 0. The van der Waals surface area contributed by atoms with E-state index in [9.17, 15) is 25.3 Å². The average molecular weight is 403 g/mol.